The maximum Gasteiger partial charge on any atom is 0.495 e. The van der Waals surface area contributed by atoms with Crippen molar-refractivity contribution in [3.8, 4) is 33.8 Å². The highest BCUT2D eigenvalue weighted by Gasteiger charge is 2.46. The van der Waals surface area contributed by atoms with Crippen molar-refractivity contribution in [3.63, 3.8) is 0 Å². The summed E-state index contributed by atoms with van der Waals surface area (Å²) in [6.07, 6.45) is 8.03. The molecule has 0 fully saturated rings. The molecule has 0 bridgehead atoms. The Hall–Kier alpha value is -3.13. The van der Waals surface area contributed by atoms with Crippen LogP contribution in [-0.4, -0.2) is 11.1 Å². The highest BCUT2D eigenvalue weighted by Crippen LogP contribution is 2.60. The zero-order valence-electron chi connectivity index (χ0n) is 21.6. The van der Waals surface area contributed by atoms with Crippen LogP contribution in [-0.2, 0) is 6.42 Å². The van der Waals surface area contributed by atoms with Gasteiger partial charge in [0.05, 0.1) is 0 Å². The Morgan fingerprint density at radius 3 is 1.59 bits per heavy atom. The lowest BCUT2D eigenvalue weighted by molar-refractivity contribution is 0.339. The van der Waals surface area contributed by atoms with E-state index >= 15 is 0 Å². The van der Waals surface area contributed by atoms with Crippen molar-refractivity contribution in [2.45, 2.75) is 51.9 Å². The predicted molar refractivity (Wildman–Crippen MR) is 155 cm³/mol. The number of fused-ring (bicyclic) bond motifs is 2. The first kappa shape index (κ1) is 25.5. The van der Waals surface area contributed by atoms with Crippen molar-refractivity contribution in [3.05, 3.63) is 108 Å². The zero-order chi connectivity index (χ0) is 25.5. The van der Waals surface area contributed by atoms with Crippen LogP contribution in [0.25, 0.3) is 22.3 Å². The van der Waals surface area contributed by atoms with E-state index in [2.05, 4.69) is 67.6 Å². The fourth-order valence-corrected chi connectivity index (χ4v) is 6.93. The molecular weight excluding hydrogens is 475 g/mol. The van der Waals surface area contributed by atoms with Crippen LogP contribution in [0.5, 0.6) is 11.5 Å². The van der Waals surface area contributed by atoms with E-state index in [-0.39, 0.29) is 0 Å². The Morgan fingerprint density at radius 1 is 0.595 bits per heavy atom. The number of unbranched alkanes of at least 4 members (excludes halogenated alkanes) is 5. The molecule has 3 nitrogen and oxygen atoms in total. The molecule has 4 aromatic carbocycles. The Morgan fingerprint density at radius 2 is 1.08 bits per heavy atom. The monoisotopic (exact) mass is 511 g/mol. The fraction of sp³-hybridized carbons (Fsp3) is 0.273. The molecule has 4 heteroatoms. The number of benzene rings is 4. The lowest BCUT2D eigenvalue weighted by atomic mass is 9.90. The maximum atomic E-state index is 11.9. The van der Waals surface area contributed by atoms with Gasteiger partial charge in [0.15, 0.2) is 17.7 Å². The number of rotatable bonds is 9. The van der Waals surface area contributed by atoms with Crippen molar-refractivity contribution in [1.82, 2.24) is 0 Å². The van der Waals surface area contributed by atoms with Crippen molar-refractivity contribution in [1.29, 1.82) is 0 Å². The molecule has 5 rings (SSSR count). The Labute approximate surface area is 221 Å². The summed E-state index contributed by atoms with van der Waals surface area (Å²) >= 11 is 0. The molecule has 1 aliphatic rings. The molecule has 0 atom stereocenters. The van der Waals surface area contributed by atoms with Gasteiger partial charge in [-0.1, -0.05) is 118 Å². The first-order valence-electron chi connectivity index (χ1n) is 13.5. The van der Waals surface area contributed by atoms with Crippen LogP contribution >= 0.6 is 7.94 Å². The van der Waals surface area contributed by atoms with Crippen molar-refractivity contribution >= 4 is 7.94 Å². The first-order valence-corrected chi connectivity index (χ1v) is 15.3. The number of hydrogen-bond donors (Lipinski definition) is 1. The summed E-state index contributed by atoms with van der Waals surface area (Å²) in [5, 5.41) is 0. The molecule has 0 saturated carbocycles. The SMILES string of the molecule is CCCCCCCC[P+]1(O)Oc2cccc(-c3ccccc3)c2Cc2c(cccc2-c2ccccc2)O1. The average molecular weight is 512 g/mol. The molecule has 0 unspecified atom stereocenters. The van der Waals surface area contributed by atoms with E-state index in [1.54, 1.807) is 0 Å². The van der Waals surface area contributed by atoms with E-state index < -0.39 is 7.94 Å². The molecule has 1 aliphatic heterocycles. The molecule has 4 aromatic rings. The van der Waals surface area contributed by atoms with Gasteiger partial charge >= 0.3 is 7.94 Å². The Bertz CT molecular complexity index is 1210. The van der Waals surface area contributed by atoms with E-state index in [0.29, 0.717) is 12.6 Å². The molecule has 190 valence electrons. The van der Waals surface area contributed by atoms with Gasteiger partial charge in [0.1, 0.15) is 0 Å². The quantitative estimate of drug-likeness (QED) is 0.180. The molecule has 0 radical (unpaired) electrons. The minimum atomic E-state index is -3.18. The summed E-state index contributed by atoms with van der Waals surface area (Å²) < 4.78 is 12.9. The third-order valence-electron chi connectivity index (χ3n) is 7.07. The van der Waals surface area contributed by atoms with Crippen molar-refractivity contribution < 1.29 is 13.9 Å². The highest BCUT2D eigenvalue weighted by atomic mass is 31.2. The molecule has 0 aliphatic carbocycles. The van der Waals surface area contributed by atoms with Crippen LogP contribution in [0.1, 0.15) is 56.6 Å². The van der Waals surface area contributed by atoms with Gasteiger partial charge in [-0.2, -0.15) is 4.89 Å². The van der Waals surface area contributed by atoms with Gasteiger partial charge in [0.25, 0.3) is 0 Å². The van der Waals surface area contributed by atoms with Crippen LogP contribution in [0.4, 0.5) is 0 Å². The third-order valence-corrected chi connectivity index (χ3v) is 8.91. The molecule has 0 spiro atoms. The van der Waals surface area contributed by atoms with Gasteiger partial charge in [-0.25, -0.2) is 0 Å². The summed E-state index contributed by atoms with van der Waals surface area (Å²) in [5.74, 6) is 1.44. The van der Waals surface area contributed by atoms with Gasteiger partial charge in [-0.05, 0) is 47.2 Å². The first-order chi connectivity index (χ1) is 18.2. The fourth-order valence-electron chi connectivity index (χ4n) is 5.13. The molecule has 0 aromatic heterocycles. The predicted octanol–water partition coefficient (Wildman–Crippen LogP) is 9.50. The van der Waals surface area contributed by atoms with Gasteiger partial charge in [0, 0.05) is 17.5 Å². The van der Waals surface area contributed by atoms with Gasteiger partial charge in [-0.3, -0.25) is 9.05 Å². The summed E-state index contributed by atoms with van der Waals surface area (Å²) in [7, 11) is -3.18. The topological polar surface area (TPSA) is 38.7 Å². The van der Waals surface area contributed by atoms with E-state index in [9.17, 15) is 4.89 Å². The summed E-state index contributed by atoms with van der Waals surface area (Å²) in [5.41, 5.74) is 6.70. The standard InChI is InChI=1S/C33H36O3P/c1-2-3-4-5-6-13-24-37(34)35-32-22-14-20-28(26-16-9-7-10-17-26)30(32)25-31-29(21-15-23-33(31)36-37)27-18-11-8-12-19-27/h7-12,14-23,34H,2-6,13,24-25H2,1H3/q+1. The lowest BCUT2D eigenvalue weighted by Gasteiger charge is -2.26. The lowest BCUT2D eigenvalue weighted by Crippen LogP contribution is -2.17. The zero-order valence-corrected chi connectivity index (χ0v) is 22.5. The van der Waals surface area contributed by atoms with Gasteiger partial charge < -0.3 is 0 Å². The van der Waals surface area contributed by atoms with Gasteiger partial charge in [0.2, 0.25) is 0 Å². The Balaban J connectivity index is 1.58. The van der Waals surface area contributed by atoms with Crippen molar-refractivity contribution in [2.24, 2.45) is 0 Å². The molecule has 0 amide bonds. The average Bonchev–Trinajstić information content (AvgIpc) is 2.92. The molecule has 1 heterocycles. The van der Waals surface area contributed by atoms with E-state index in [0.717, 1.165) is 57.7 Å². The minimum absolute atomic E-state index is 0.517. The summed E-state index contributed by atoms with van der Waals surface area (Å²) in [6, 6.07) is 33.1. The Kier molecular flexibility index (Phi) is 8.24. The highest BCUT2D eigenvalue weighted by molar-refractivity contribution is 7.61. The number of hydrogen-bond acceptors (Lipinski definition) is 3. The van der Waals surface area contributed by atoms with E-state index in [1.807, 2.05) is 36.4 Å². The minimum Gasteiger partial charge on any atom is -0.277 e. The molecule has 37 heavy (non-hydrogen) atoms. The summed E-state index contributed by atoms with van der Waals surface area (Å²) in [6.45, 7) is 2.23. The third kappa shape index (κ3) is 6.06. The smallest absolute Gasteiger partial charge is 0.277 e. The van der Waals surface area contributed by atoms with Crippen LogP contribution in [0.2, 0.25) is 0 Å². The molecular formula is C33H36O3P+. The normalized spacial score (nSPS) is 13.9. The second-order valence-corrected chi connectivity index (χ2v) is 11.9. The largest absolute Gasteiger partial charge is 0.495 e. The second-order valence-electron chi connectivity index (χ2n) is 9.78. The summed E-state index contributed by atoms with van der Waals surface area (Å²) in [4.78, 5) is 11.9. The molecule has 1 N–H and O–H groups in total. The maximum absolute atomic E-state index is 11.9. The second kappa shape index (κ2) is 11.9. The van der Waals surface area contributed by atoms with Crippen LogP contribution < -0.4 is 9.05 Å². The van der Waals surface area contributed by atoms with E-state index in [1.165, 1.54) is 25.7 Å². The van der Waals surface area contributed by atoms with Crippen LogP contribution in [0.3, 0.4) is 0 Å². The van der Waals surface area contributed by atoms with E-state index in [4.69, 9.17) is 9.05 Å². The van der Waals surface area contributed by atoms with Crippen molar-refractivity contribution in [2.75, 3.05) is 6.16 Å². The van der Waals surface area contributed by atoms with Crippen LogP contribution in [0.15, 0.2) is 97.1 Å². The molecule has 0 saturated heterocycles. The van der Waals surface area contributed by atoms with Gasteiger partial charge in [-0.15, -0.1) is 0 Å². The van der Waals surface area contributed by atoms with Crippen LogP contribution in [0, 0.1) is 0 Å².